The predicted octanol–water partition coefficient (Wildman–Crippen LogP) is 3.50. The number of hydrogen-bond acceptors (Lipinski definition) is 2. The van der Waals surface area contributed by atoms with Crippen molar-refractivity contribution >= 4 is 22.7 Å². The Hall–Kier alpha value is -1.16. The molecule has 0 radical (unpaired) electrons. The van der Waals surface area contributed by atoms with E-state index in [1.165, 1.54) is 0 Å². The van der Waals surface area contributed by atoms with Gasteiger partial charge in [0.1, 0.15) is 5.52 Å². The van der Waals surface area contributed by atoms with Gasteiger partial charge in [0.25, 0.3) is 5.89 Å². The standard InChI is InChI=1S/C9H6ClF2NO/c10-4-5-1-2-7-6(3-5)13-9(14-7)8(11)12/h1-3,8H,4H2. The van der Waals surface area contributed by atoms with Crippen LogP contribution in [0.4, 0.5) is 8.78 Å². The van der Waals surface area contributed by atoms with E-state index in [0.29, 0.717) is 17.0 Å². The van der Waals surface area contributed by atoms with Gasteiger partial charge in [-0.2, -0.15) is 8.78 Å². The third kappa shape index (κ3) is 1.57. The minimum absolute atomic E-state index is 0.326. The second kappa shape index (κ2) is 3.53. The average Bonchev–Trinajstić information content (AvgIpc) is 2.59. The third-order valence-electron chi connectivity index (χ3n) is 1.81. The minimum atomic E-state index is -2.68. The Morgan fingerprint density at radius 3 is 2.86 bits per heavy atom. The lowest BCUT2D eigenvalue weighted by atomic mass is 10.2. The van der Waals surface area contributed by atoms with Crippen molar-refractivity contribution in [2.24, 2.45) is 0 Å². The van der Waals surface area contributed by atoms with Crippen molar-refractivity contribution in [1.82, 2.24) is 4.98 Å². The molecule has 74 valence electrons. The number of hydrogen-bond donors (Lipinski definition) is 0. The Morgan fingerprint density at radius 1 is 1.43 bits per heavy atom. The fourth-order valence-corrected chi connectivity index (χ4v) is 1.33. The highest BCUT2D eigenvalue weighted by molar-refractivity contribution is 6.17. The summed E-state index contributed by atoms with van der Waals surface area (Å²) in [6.07, 6.45) is -2.68. The molecular weight excluding hydrogens is 212 g/mol. The van der Waals surface area contributed by atoms with E-state index in [0.717, 1.165) is 5.56 Å². The number of fused-ring (bicyclic) bond motifs is 1. The zero-order valence-corrected chi connectivity index (χ0v) is 7.76. The van der Waals surface area contributed by atoms with Crippen LogP contribution in [-0.2, 0) is 5.88 Å². The van der Waals surface area contributed by atoms with Crippen LogP contribution in [0, 0.1) is 0 Å². The number of halogens is 3. The number of rotatable bonds is 2. The van der Waals surface area contributed by atoms with Crippen LogP contribution in [0.5, 0.6) is 0 Å². The van der Waals surface area contributed by atoms with E-state index in [9.17, 15) is 8.78 Å². The molecule has 0 amide bonds. The zero-order valence-electron chi connectivity index (χ0n) is 7.01. The van der Waals surface area contributed by atoms with Crippen molar-refractivity contribution in [2.45, 2.75) is 12.3 Å². The molecule has 0 saturated heterocycles. The number of oxazole rings is 1. The highest BCUT2D eigenvalue weighted by Gasteiger charge is 2.15. The third-order valence-corrected chi connectivity index (χ3v) is 2.12. The summed E-state index contributed by atoms with van der Waals surface area (Å²) in [5.74, 6) is -0.223. The molecule has 1 aromatic carbocycles. The van der Waals surface area contributed by atoms with Gasteiger partial charge < -0.3 is 4.42 Å². The van der Waals surface area contributed by atoms with E-state index < -0.39 is 12.3 Å². The van der Waals surface area contributed by atoms with Crippen LogP contribution >= 0.6 is 11.6 Å². The highest BCUT2D eigenvalue weighted by Crippen LogP contribution is 2.24. The smallest absolute Gasteiger partial charge is 0.313 e. The molecule has 0 N–H and O–H groups in total. The summed E-state index contributed by atoms with van der Waals surface area (Å²) in [5, 5.41) is 0. The van der Waals surface area contributed by atoms with Gasteiger partial charge in [0.15, 0.2) is 5.58 Å². The van der Waals surface area contributed by atoms with Gasteiger partial charge in [0, 0.05) is 5.88 Å². The molecule has 0 aliphatic rings. The monoisotopic (exact) mass is 217 g/mol. The van der Waals surface area contributed by atoms with Gasteiger partial charge in [-0.3, -0.25) is 0 Å². The van der Waals surface area contributed by atoms with Gasteiger partial charge in [-0.1, -0.05) is 6.07 Å². The summed E-state index contributed by atoms with van der Waals surface area (Å²) in [4.78, 5) is 3.65. The molecule has 14 heavy (non-hydrogen) atoms. The summed E-state index contributed by atoms with van der Waals surface area (Å²) in [6, 6.07) is 4.94. The molecule has 0 saturated carbocycles. The van der Waals surface area contributed by atoms with Gasteiger partial charge in [0.2, 0.25) is 0 Å². The van der Waals surface area contributed by atoms with Crippen molar-refractivity contribution in [3.63, 3.8) is 0 Å². The number of benzene rings is 1. The molecule has 0 spiro atoms. The first-order valence-electron chi connectivity index (χ1n) is 3.94. The van der Waals surface area contributed by atoms with Crippen LogP contribution in [0.1, 0.15) is 17.9 Å². The molecule has 0 bridgehead atoms. The summed E-state index contributed by atoms with van der Waals surface area (Å²) in [7, 11) is 0. The molecule has 2 aromatic rings. The molecule has 5 heteroatoms. The number of aromatic nitrogens is 1. The summed E-state index contributed by atoms with van der Waals surface area (Å²) >= 11 is 5.59. The number of nitrogens with zero attached hydrogens (tertiary/aromatic N) is 1. The van der Waals surface area contributed by atoms with Gasteiger partial charge in [-0.25, -0.2) is 4.98 Å². The highest BCUT2D eigenvalue weighted by atomic mass is 35.5. The van der Waals surface area contributed by atoms with Crippen molar-refractivity contribution in [3.05, 3.63) is 29.7 Å². The molecule has 2 nitrogen and oxygen atoms in total. The van der Waals surface area contributed by atoms with Crippen LogP contribution in [0.3, 0.4) is 0 Å². The van der Waals surface area contributed by atoms with Crippen molar-refractivity contribution in [3.8, 4) is 0 Å². The van der Waals surface area contributed by atoms with E-state index in [4.69, 9.17) is 16.0 Å². The molecule has 1 aromatic heterocycles. The second-order valence-electron chi connectivity index (χ2n) is 2.79. The van der Waals surface area contributed by atoms with Gasteiger partial charge in [-0.05, 0) is 17.7 Å². The van der Waals surface area contributed by atoms with Crippen molar-refractivity contribution in [2.75, 3.05) is 0 Å². The maximum Gasteiger partial charge on any atom is 0.313 e. The molecule has 0 aliphatic heterocycles. The van der Waals surface area contributed by atoms with Crippen LogP contribution in [0.15, 0.2) is 22.6 Å². The lowest BCUT2D eigenvalue weighted by Crippen LogP contribution is -1.81. The van der Waals surface area contributed by atoms with E-state index in [1.807, 2.05) is 0 Å². The van der Waals surface area contributed by atoms with Crippen LogP contribution in [-0.4, -0.2) is 4.98 Å². The van der Waals surface area contributed by atoms with Crippen LogP contribution in [0.25, 0.3) is 11.1 Å². The predicted molar refractivity (Wildman–Crippen MR) is 48.5 cm³/mol. The number of alkyl halides is 3. The molecule has 1 heterocycles. The quantitative estimate of drug-likeness (QED) is 0.720. The molecule has 0 unspecified atom stereocenters. The summed E-state index contributed by atoms with van der Waals surface area (Å²) in [5.41, 5.74) is 1.60. The average molecular weight is 218 g/mol. The molecule has 0 aliphatic carbocycles. The summed E-state index contributed by atoms with van der Waals surface area (Å²) < 4.78 is 29.2. The molecule has 0 fully saturated rings. The van der Waals surface area contributed by atoms with E-state index >= 15 is 0 Å². The largest absolute Gasteiger partial charge is 0.435 e. The summed E-state index contributed by atoms with van der Waals surface area (Å²) in [6.45, 7) is 0. The first kappa shape index (κ1) is 9.40. The maximum absolute atomic E-state index is 12.2. The van der Waals surface area contributed by atoms with Crippen LogP contribution < -0.4 is 0 Å². The first-order chi connectivity index (χ1) is 6.70. The molecule has 0 atom stereocenters. The van der Waals surface area contributed by atoms with E-state index in [2.05, 4.69) is 4.98 Å². The fourth-order valence-electron chi connectivity index (χ4n) is 1.17. The Balaban J connectivity index is 2.54. The van der Waals surface area contributed by atoms with Gasteiger partial charge in [-0.15, -0.1) is 11.6 Å². The van der Waals surface area contributed by atoms with Gasteiger partial charge >= 0.3 is 6.43 Å². The normalized spacial score (nSPS) is 11.4. The van der Waals surface area contributed by atoms with E-state index in [1.54, 1.807) is 18.2 Å². The van der Waals surface area contributed by atoms with Gasteiger partial charge in [0.05, 0.1) is 0 Å². The Morgan fingerprint density at radius 2 is 2.21 bits per heavy atom. The lowest BCUT2D eigenvalue weighted by Gasteiger charge is -1.91. The zero-order chi connectivity index (χ0) is 10.1. The topological polar surface area (TPSA) is 26.0 Å². The molecule has 2 rings (SSSR count). The Bertz CT molecular complexity index is 455. The van der Waals surface area contributed by atoms with Crippen LogP contribution in [0.2, 0.25) is 0 Å². The van der Waals surface area contributed by atoms with Crippen molar-refractivity contribution < 1.29 is 13.2 Å². The lowest BCUT2D eigenvalue weighted by molar-refractivity contribution is 0.117. The Kier molecular flexibility index (Phi) is 2.37. The SMILES string of the molecule is FC(F)c1nc2cc(CCl)ccc2o1. The minimum Gasteiger partial charge on any atom is -0.435 e. The second-order valence-corrected chi connectivity index (χ2v) is 3.06. The molecular formula is C9H6ClF2NO. The maximum atomic E-state index is 12.2. The Labute approximate surface area is 83.5 Å². The first-order valence-corrected chi connectivity index (χ1v) is 4.47. The van der Waals surface area contributed by atoms with Crippen molar-refractivity contribution in [1.29, 1.82) is 0 Å². The fraction of sp³-hybridized carbons (Fsp3) is 0.222. The van der Waals surface area contributed by atoms with E-state index in [-0.39, 0.29) is 0 Å².